The van der Waals surface area contributed by atoms with E-state index in [0.717, 1.165) is 57.8 Å². The molecule has 0 heterocycles. The second kappa shape index (κ2) is 46.4. The third kappa shape index (κ3) is 47.5. The van der Waals surface area contributed by atoms with Crippen LogP contribution in [0.3, 0.4) is 0 Å². The maximum atomic E-state index is 13.4. The molecule has 3 unspecified atom stereocenters. The Morgan fingerprint density at radius 1 is 0.552 bits per heavy atom. The highest BCUT2D eigenvalue weighted by Gasteiger charge is 2.27. The molecule has 0 aromatic carbocycles. The zero-order chi connectivity index (χ0) is 49.4. The van der Waals surface area contributed by atoms with E-state index < -0.39 is 32.5 Å². The smallest absolute Gasteiger partial charge is 0.306 e. The minimum absolute atomic E-state index is 0.0451. The van der Waals surface area contributed by atoms with Crippen molar-refractivity contribution in [2.75, 3.05) is 40.9 Å². The second-order valence-electron chi connectivity index (χ2n) is 18.4. The molecule has 0 aliphatic rings. The summed E-state index contributed by atoms with van der Waals surface area (Å²) in [4.78, 5) is 39.6. The Hall–Kier alpha value is -3.33. The first-order valence-corrected chi connectivity index (χ1v) is 27.7. The number of rotatable bonds is 45. The number of phosphoric acid groups is 1. The number of hydrogen-bond acceptors (Lipinski definition) is 7. The van der Waals surface area contributed by atoms with Gasteiger partial charge in [0.25, 0.3) is 7.82 Å². The summed E-state index contributed by atoms with van der Waals surface area (Å²) in [5.41, 5.74) is 0. The summed E-state index contributed by atoms with van der Waals surface area (Å²) in [6.45, 7) is 6.56. The van der Waals surface area contributed by atoms with E-state index in [4.69, 9.17) is 13.8 Å². The Labute approximate surface area is 410 Å². The number of unbranched alkanes of at least 4 members (excludes halogenated alkanes) is 18. The molecule has 0 aromatic heterocycles. The van der Waals surface area contributed by atoms with Crippen LogP contribution >= 0.6 is 7.82 Å². The summed E-state index contributed by atoms with van der Waals surface area (Å²) in [6.07, 6.45) is 62.1. The van der Waals surface area contributed by atoms with Gasteiger partial charge in [-0.15, -0.1) is 0 Å². The molecule has 0 aliphatic heterocycles. The number of phosphoric ester groups is 1. The van der Waals surface area contributed by atoms with E-state index in [1.807, 2.05) is 94.1 Å². The van der Waals surface area contributed by atoms with Gasteiger partial charge in [0.2, 0.25) is 5.91 Å². The van der Waals surface area contributed by atoms with E-state index in [2.05, 4.69) is 56.5 Å². The molecule has 1 N–H and O–H groups in total. The maximum Gasteiger partial charge on any atom is 0.306 e. The van der Waals surface area contributed by atoms with E-state index in [9.17, 15) is 19.0 Å². The van der Waals surface area contributed by atoms with Crippen LogP contribution in [0.4, 0.5) is 0 Å². The molecule has 9 nitrogen and oxygen atoms in total. The Morgan fingerprint density at radius 3 is 1.58 bits per heavy atom. The average molecular weight is 953 g/mol. The van der Waals surface area contributed by atoms with Crippen LogP contribution in [-0.2, 0) is 27.9 Å². The summed E-state index contributed by atoms with van der Waals surface area (Å²) >= 11 is 0. The number of likely N-dealkylation sites (N-methyl/N-ethyl adjacent to an activating group) is 1. The topological polar surface area (TPSA) is 114 Å². The van der Waals surface area contributed by atoms with Crippen LogP contribution in [0.5, 0.6) is 0 Å². The van der Waals surface area contributed by atoms with E-state index in [0.29, 0.717) is 23.9 Å². The molecule has 0 aliphatic carbocycles. The zero-order valence-electron chi connectivity index (χ0n) is 43.3. The summed E-state index contributed by atoms with van der Waals surface area (Å²) < 4.78 is 30.0. The molecule has 0 radical (unpaired) electrons. The van der Waals surface area contributed by atoms with Gasteiger partial charge in [-0.25, -0.2) is 0 Å². The molecule has 3 atom stereocenters. The van der Waals surface area contributed by atoms with Gasteiger partial charge in [0.1, 0.15) is 19.3 Å². The molecule has 0 aromatic rings. The first kappa shape index (κ1) is 63.7. The summed E-state index contributed by atoms with van der Waals surface area (Å²) in [5, 5.41) is 2.96. The Kier molecular flexibility index (Phi) is 44.1. The SMILES string of the molecule is CC\C=C/C=C/C=C/C=C\C=C\C=C\CCCCCC(=O)NC(COP(=O)([O-])OCC[N+](C)(C)C)C(/C=C\CCCCCCCCCCC)OC(=O)CC/C=C/C/C=C\CCCCCCCC. The van der Waals surface area contributed by atoms with Crippen LogP contribution < -0.4 is 10.2 Å². The molecule has 67 heavy (non-hydrogen) atoms. The minimum atomic E-state index is -4.72. The highest BCUT2D eigenvalue weighted by molar-refractivity contribution is 7.45. The number of carbonyl (C=O) groups excluding carboxylic acids is 2. The summed E-state index contributed by atoms with van der Waals surface area (Å²) in [5.74, 6) is -0.683. The van der Waals surface area contributed by atoms with Crippen molar-refractivity contribution in [3.05, 3.63) is 109 Å². The fourth-order valence-corrected chi connectivity index (χ4v) is 7.50. The fraction of sp³-hybridized carbons (Fsp3) is 0.649. The zero-order valence-corrected chi connectivity index (χ0v) is 44.2. The molecule has 0 saturated heterocycles. The van der Waals surface area contributed by atoms with Gasteiger partial charge in [-0.05, 0) is 70.3 Å². The number of nitrogens with zero attached hydrogens (tertiary/aromatic N) is 1. The number of carbonyl (C=O) groups is 2. The molecule has 0 rings (SSSR count). The lowest BCUT2D eigenvalue weighted by atomic mass is 10.1. The summed E-state index contributed by atoms with van der Waals surface area (Å²) in [6, 6.07) is -0.939. The van der Waals surface area contributed by atoms with Crippen LogP contribution in [0.1, 0.15) is 188 Å². The van der Waals surface area contributed by atoms with E-state index in [1.54, 1.807) is 6.08 Å². The van der Waals surface area contributed by atoms with Crippen LogP contribution in [0.15, 0.2) is 109 Å². The maximum absolute atomic E-state index is 13.4. The van der Waals surface area contributed by atoms with Gasteiger partial charge >= 0.3 is 5.97 Å². The first-order valence-electron chi connectivity index (χ1n) is 26.3. The molecule has 0 bridgehead atoms. The summed E-state index contributed by atoms with van der Waals surface area (Å²) in [7, 11) is 1.11. The lowest BCUT2D eigenvalue weighted by Gasteiger charge is -2.30. The number of allylic oxidation sites excluding steroid dienone is 17. The van der Waals surface area contributed by atoms with Crippen molar-refractivity contribution in [1.82, 2.24) is 5.32 Å². The predicted octanol–water partition coefficient (Wildman–Crippen LogP) is 14.8. The number of quaternary nitrogens is 1. The number of amides is 1. The van der Waals surface area contributed by atoms with E-state index >= 15 is 0 Å². The van der Waals surface area contributed by atoms with Crippen LogP contribution in [0, 0.1) is 0 Å². The van der Waals surface area contributed by atoms with Gasteiger partial charge in [-0.3, -0.25) is 14.2 Å². The van der Waals surface area contributed by atoms with Gasteiger partial charge in [0.15, 0.2) is 0 Å². The van der Waals surface area contributed by atoms with Crippen LogP contribution in [0.2, 0.25) is 0 Å². The molecular weight excluding hydrogens is 856 g/mol. The molecular formula is C57H97N2O7P. The van der Waals surface area contributed by atoms with E-state index in [-0.39, 0.29) is 25.4 Å². The predicted molar refractivity (Wildman–Crippen MR) is 284 cm³/mol. The van der Waals surface area contributed by atoms with Gasteiger partial charge in [0.05, 0.1) is 33.8 Å². The fourth-order valence-electron chi connectivity index (χ4n) is 6.78. The number of esters is 1. The second-order valence-corrected chi connectivity index (χ2v) is 19.9. The van der Waals surface area contributed by atoms with Crippen LogP contribution in [-0.4, -0.2) is 69.4 Å². The third-order valence-corrected chi connectivity index (χ3v) is 11.8. The van der Waals surface area contributed by atoms with Crippen molar-refractivity contribution in [2.45, 2.75) is 200 Å². The van der Waals surface area contributed by atoms with Crippen molar-refractivity contribution < 1.29 is 37.3 Å². The normalized spacial score (nSPS) is 14.8. The van der Waals surface area contributed by atoms with Gasteiger partial charge < -0.3 is 28.5 Å². The standard InChI is InChI=1S/C57H97N2O7P/c1-7-10-13-16-19-22-25-27-28-29-30-32-34-37-40-43-46-49-56(60)58-54(53-65-67(62,63)64-52-51-59(4,5)6)55(48-45-42-39-36-33-24-21-18-15-12-9-3)66-57(61)50-47-44-41-38-35-31-26-23-20-17-14-11-8-2/h10,13,16,19,22,25,27-32,34-35,41,44-45,48,54-55H,7-9,11-12,14-15,17-18,20-21,23-24,26,33,36-40,42-43,46-47,49-53H2,1-6H3,(H-,58,60,62,63)/b13-10-,19-16+,25-22+,28-27-,30-29+,34-32+,35-31-,44-41+,48-45-. The van der Waals surface area contributed by atoms with Crippen molar-refractivity contribution in [3.8, 4) is 0 Å². The van der Waals surface area contributed by atoms with Crippen molar-refractivity contribution in [2.24, 2.45) is 0 Å². The van der Waals surface area contributed by atoms with Gasteiger partial charge in [-0.2, -0.15) is 0 Å². The molecule has 10 heteroatoms. The monoisotopic (exact) mass is 953 g/mol. The minimum Gasteiger partial charge on any atom is -0.756 e. The van der Waals surface area contributed by atoms with Crippen LogP contribution in [0.25, 0.3) is 0 Å². The number of nitrogens with one attached hydrogen (secondary N) is 1. The largest absolute Gasteiger partial charge is 0.756 e. The van der Waals surface area contributed by atoms with Crippen molar-refractivity contribution in [3.63, 3.8) is 0 Å². The quantitative estimate of drug-likeness (QED) is 0.0161. The molecule has 0 fully saturated rings. The van der Waals surface area contributed by atoms with Crippen molar-refractivity contribution >= 4 is 19.7 Å². The molecule has 0 spiro atoms. The Balaban J connectivity index is 5.58. The van der Waals surface area contributed by atoms with Gasteiger partial charge in [0, 0.05) is 12.8 Å². The Bertz CT molecular complexity index is 1520. The lowest BCUT2D eigenvalue weighted by Crippen LogP contribution is -2.47. The third-order valence-electron chi connectivity index (χ3n) is 10.9. The number of ether oxygens (including phenoxy) is 1. The molecule has 0 saturated carbocycles. The van der Waals surface area contributed by atoms with Crippen molar-refractivity contribution in [1.29, 1.82) is 0 Å². The highest BCUT2D eigenvalue weighted by Crippen LogP contribution is 2.38. The van der Waals surface area contributed by atoms with E-state index in [1.165, 1.54) is 83.5 Å². The highest BCUT2D eigenvalue weighted by atomic mass is 31.2. The lowest BCUT2D eigenvalue weighted by molar-refractivity contribution is -0.870. The molecule has 382 valence electrons. The molecule has 1 amide bonds. The Morgan fingerprint density at radius 2 is 1.03 bits per heavy atom. The van der Waals surface area contributed by atoms with Gasteiger partial charge in [-0.1, -0.05) is 214 Å². The average Bonchev–Trinajstić information content (AvgIpc) is 3.28. The first-order chi connectivity index (χ1) is 32.4. The number of hydrogen-bond donors (Lipinski definition) is 1.